The first-order chi connectivity index (χ1) is 6.09. The zero-order valence-corrected chi connectivity index (χ0v) is 7.21. The average Bonchev–Trinajstić information content (AvgIpc) is 2.48. The predicted octanol–water partition coefficient (Wildman–Crippen LogP) is -0.635. The van der Waals surface area contributed by atoms with Crippen LogP contribution in [0, 0.1) is 0 Å². The molecule has 1 aromatic heterocycles. The quantitative estimate of drug-likeness (QED) is 0.563. The van der Waals surface area contributed by atoms with Crippen molar-refractivity contribution in [1.29, 1.82) is 0 Å². The van der Waals surface area contributed by atoms with Gasteiger partial charge in [-0.15, -0.1) is 0 Å². The van der Waals surface area contributed by atoms with Crippen molar-refractivity contribution in [2.75, 3.05) is 11.2 Å². The van der Waals surface area contributed by atoms with E-state index in [2.05, 4.69) is 10.3 Å². The van der Waals surface area contributed by atoms with Gasteiger partial charge >= 0.3 is 5.91 Å². The van der Waals surface area contributed by atoms with Gasteiger partial charge in [0.05, 0.1) is 6.20 Å². The Morgan fingerprint density at radius 1 is 1.85 bits per heavy atom. The highest BCUT2D eigenvalue weighted by Crippen LogP contribution is 2.08. The summed E-state index contributed by atoms with van der Waals surface area (Å²) in [6, 6.07) is 0. The van der Waals surface area contributed by atoms with E-state index in [-0.39, 0.29) is 17.7 Å². The highest BCUT2D eigenvalue weighted by atomic mass is 32.2. The number of aromatic nitrogens is 1. The van der Waals surface area contributed by atoms with Gasteiger partial charge in [0.1, 0.15) is 5.88 Å². The Morgan fingerprint density at radius 3 is 3.00 bits per heavy atom. The van der Waals surface area contributed by atoms with Crippen molar-refractivity contribution < 1.29 is 18.0 Å². The maximum Gasteiger partial charge on any atom is 0.304 e. The molecular formula is C5H7N3O4S. The molecule has 0 aliphatic rings. The maximum atomic E-state index is 10.5. The Bertz CT molecular complexity index is 336. The Hall–Kier alpha value is -1.41. The van der Waals surface area contributed by atoms with Crippen LogP contribution < -0.4 is 11.1 Å². The molecule has 1 aromatic rings. The number of rotatable bonds is 4. The fraction of sp³-hybridized carbons (Fsp3) is 0.200. The van der Waals surface area contributed by atoms with Crippen LogP contribution in [-0.4, -0.2) is 25.5 Å². The SMILES string of the molecule is NC(=O)c1ncc(NCS(=O)O)o1. The van der Waals surface area contributed by atoms with Crippen LogP contribution in [0.2, 0.25) is 0 Å². The molecule has 1 heterocycles. The van der Waals surface area contributed by atoms with Gasteiger partial charge in [-0.1, -0.05) is 0 Å². The van der Waals surface area contributed by atoms with Crippen molar-refractivity contribution in [3.8, 4) is 0 Å². The zero-order chi connectivity index (χ0) is 9.84. The molecule has 0 bridgehead atoms. The molecule has 1 unspecified atom stereocenters. The Balaban J connectivity index is 2.59. The van der Waals surface area contributed by atoms with Crippen LogP contribution in [0.3, 0.4) is 0 Å². The third kappa shape index (κ3) is 2.84. The molecule has 72 valence electrons. The van der Waals surface area contributed by atoms with E-state index in [0.29, 0.717) is 0 Å². The number of nitrogens with zero attached hydrogens (tertiary/aromatic N) is 1. The van der Waals surface area contributed by atoms with Crippen molar-refractivity contribution in [3.05, 3.63) is 12.1 Å². The number of oxazole rings is 1. The lowest BCUT2D eigenvalue weighted by molar-refractivity contribution is 0.0968. The Labute approximate surface area is 75.6 Å². The maximum absolute atomic E-state index is 10.5. The molecule has 0 aliphatic carbocycles. The van der Waals surface area contributed by atoms with Gasteiger partial charge in [0.25, 0.3) is 5.89 Å². The summed E-state index contributed by atoms with van der Waals surface area (Å²) in [6.07, 6.45) is 1.20. The molecule has 7 nitrogen and oxygen atoms in total. The summed E-state index contributed by atoms with van der Waals surface area (Å²) in [6.45, 7) is 0. The van der Waals surface area contributed by atoms with Crippen LogP contribution >= 0.6 is 0 Å². The van der Waals surface area contributed by atoms with E-state index >= 15 is 0 Å². The minimum atomic E-state index is -1.98. The van der Waals surface area contributed by atoms with Crippen molar-refractivity contribution in [1.82, 2.24) is 4.98 Å². The van der Waals surface area contributed by atoms with E-state index in [0.717, 1.165) is 0 Å². The summed E-state index contributed by atoms with van der Waals surface area (Å²) in [5.74, 6) is -1.12. The first-order valence-corrected chi connectivity index (χ1v) is 4.44. The molecule has 0 fully saturated rings. The Kier molecular flexibility index (Phi) is 2.98. The summed E-state index contributed by atoms with van der Waals surface area (Å²) < 4.78 is 23.3. The second-order valence-electron chi connectivity index (χ2n) is 2.04. The second-order valence-corrected chi connectivity index (χ2v) is 2.97. The number of nitrogens with one attached hydrogen (secondary N) is 1. The number of primary amides is 1. The molecule has 0 aromatic carbocycles. The molecule has 0 spiro atoms. The predicted molar refractivity (Wildman–Crippen MR) is 44.3 cm³/mol. The summed E-state index contributed by atoms with van der Waals surface area (Å²) >= 11 is -1.98. The molecule has 0 aliphatic heterocycles. The third-order valence-corrected chi connectivity index (χ3v) is 1.48. The topological polar surface area (TPSA) is 118 Å². The number of anilines is 1. The van der Waals surface area contributed by atoms with Crippen LogP contribution in [0.1, 0.15) is 10.7 Å². The number of nitrogens with two attached hydrogens (primary N) is 1. The summed E-state index contributed by atoms with van der Waals surface area (Å²) in [4.78, 5) is 14.0. The van der Waals surface area contributed by atoms with Gasteiger partial charge in [0.2, 0.25) is 5.88 Å². The van der Waals surface area contributed by atoms with Crippen molar-refractivity contribution in [3.63, 3.8) is 0 Å². The average molecular weight is 205 g/mol. The molecule has 1 amide bonds. The molecule has 13 heavy (non-hydrogen) atoms. The van der Waals surface area contributed by atoms with E-state index in [4.69, 9.17) is 14.7 Å². The van der Waals surface area contributed by atoms with E-state index < -0.39 is 17.0 Å². The van der Waals surface area contributed by atoms with Crippen LogP contribution in [0.25, 0.3) is 0 Å². The van der Waals surface area contributed by atoms with E-state index in [1.165, 1.54) is 6.20 Å². The first kappa shape index (κ1) is 9.68. The number of hydrogen-bond donors (Lipinski definition) is 3. The minimum absolute atomic E-state index is 0.121. The number of hydrogen-bond acceptors (Lipinski definition) is 5. The van der Waals surface area contributed by atoms with Gasteiger partial charge in [-0.05, 0) is 0 Å². The van der Waals surface area contributed by atoms with E-state index in [1.807, 2.05) is 0 Å². The summed E-state index contributed by atoms with van der Waals surface area (Å²) in [7, 11) is 0. The van der Waals surface area contributed by atoms with E-state index in [9.17, 15) is 9.00 Å². The van der Waals surface area contributed by atoms with Gasteiger partial charge in [-0.3, -0.25) is 4.79 Å². The highest BCUT2D eigenvalue weighted by molar-refractivity contribution is 7.79. The highest BCUT2D eigenvalue weighted by Gasteiger charge is 2.08. The monoisotopic (exact) mass is 205 g/mol. The lowest BCUT2D eigenvalue weighted by atomic mass is 10.6. The first-order valence-electron chi connectivity index (χ1n) is 3.16. The van der Waals surface area contributed by atoms with Crippen LogP contribution in [-0.2, 0) is 11.1 Å². The summed E-state index contributed by atoms with van der Waals surface area (Å²) in [5.41, 5.74) is 4.85. The second kappa shape index (κ2) is 4.01. The third-order valence-electron chi connectivity index (χ3n) is 1.09. The molecule has 1 rings (SSSR count). The van der Waals surface area contributed by atoms with Gasteiger partial charge in [-0.25, -0.2) is 9.19 Å². The summed E-state index contributed by atoms with van der Waals surface area (Å²) in [5, 5.41) is 2.43. The van der Waals surface area contributed by atoms with Crippen molar-refractivity contribution in [2.24, 2.45) is 5.73 Å². The number of carbonyl (C=O) groups excluding carboxylic acids is 1. The molecular weight excluding hydrogens is 198 g/mol. The fourth-order valence-corrected chi connectivity index (χ4v) is 0.868. The molecule has 0 saturated carbocycles. The fourth-order valence-electron chi connectivity index (χ4n) is 0.603. The molecule has 4 N–H and O–H groups in total. The Morgan fingerprint density at radius 2 is 2.54 bits per heavy atom. The zero-order valence-electron chi connectivity index (χ0n) is 6.39. The van der Waals surface area contributed by atoms with Crippen LogP contribution in [0.4, 0.5) is 5.88 Å². The van der Waals surface area contributed by atoms with Crippen molar-refractivity contribution in [2.45, 2.75) is 0 Å². The molecule has 0 radical (unpaired) electrons. The van der Waals surface area contributed by atoms with Crippen LogP contribution in [0.15, 0.2) is 10.6 Å². The largest absolute Gasteiger partial charge is 0.416 e. The van der Waals surface area contributed by atoms with Gasteiger partial charge in [0, 0.05) is 0 Å². The van der Waals surface area contributed by atoms with E-state index in [1.54, 1.807) is 0 Å². The van der Waals surface area contributed by atoms with Gasteiger partial charge in [-0.2, -0.15) is 0 Å². The minimum Gasteiger partial charge on any atom is -0.416 e. The normalized spacial score (nSPS) is 12.4. The molecule has 8 heteroatoms. The molecule has 1 atom stereocenters. The lowest BCUT2D eigenvalue weighted by Crippen LogP contribution is -2.11. The van der Waals surface area contributed by atoms with Crippen molar-refractivity contribution >= 4 is 22.9 Å². The molecule has 0 saturated heterocycles. The lowest BCUT2D eigenvalue weighted by Gasteiger charge is -1.95. The van der Waals surface area contributed by atoms with Gasteiger partial charge < -0.3 is 20.0 Å². The standard InChI is InChI=1S/C5H7N3O4S/c6-4(9)5-7-1-3(12-5)8-2-13(10)11/h1,8H,2H2,(H2,6,9)(H,10,11). The smallest absolute Gasteiger partial charge is 0.304 e. The number of carbonyl (C=O) groups is 1. The van der Waals surface area contributed by atoms with Crippen LogP contribution in [0.5, 0.6) is 0 Å². The number of amides is 1. The van der Waals surface area contributed by atoms with Gasteiger partial charge in [0.15, 0.2) is 11.1 Å².